The molecule has 98 valence electrons. The van der Waals surface area contributed by atoms with Gasteiger partial charge in [0.1, 0.15) is 0 Å². The molecule has 1 aliphatic carbocycles. The molecule has 0 saturated carbocycles. The number of phenols is 1. The number of benzene rings is 1. The first-order chi connectivity index (χ1) is 9.11. The Balaban J connectivity index is 2.07. The molecule has 1 aliphatic heterocycles. The van der Waals surface area contributed by atoms with Gasteiger partial charge >= 0.3 is 0 Å². The normalized spacial score (nSPS) is 19.1. The van der Waals surface area contributed by atoms with E-state index in [4.69, 9.17) is 0 Å². The van der Waals surface area contributed by atoms with E-state index >= 15 is 0 Å². The van der Waals surface area contributed by atoms with E-state index in [9.17, 15) is 19.1 Å². The average molecular weight is 261 g/mol. The van der Waals surface area contributed by atoms with Gasteiger partial charge in [-0.2, -0.15) is 0 Å². The number of aromatic hydroxyl groups is 1. The van der Waals surface area contributed by atoms with E-state index in [-0.39, 0.29) is 5.69 Å². The SMILES string of the molecule is O=C1C2=C(CCCC2)C(=O)N1c1cccc(O)c1F. The molecular weight excluding hydrogens is 249 g/mol. The number of imide groups is 1. The average Bonchev–Trinajstić information content (AvgIpc) is 2.67. The third-order valence-corrected chi connectivity index (χ3v) is 3.59. The monoisotopic (exact) mass is 261 g/mol. The highest BCUT2D eigenvalue weighted by atomic mass is 19.1. The van der Waals surface area contributed by atoms with Crippen molar-refractivity contribution in [1.29, 1.82) is 0 Å². The summed E-state index contributed by atoms with van der Waals surface area (Å²) in [6.45, 7) is 0. The lowest BCUT2D eigenvalue weighted by Crippen LogP contribution is -2.32. The van der Waals surface area contributed by atoms with Gasteiger partial charge in [-0.1, -0.05) is 6.07 Å². The first-order valence-corrected chi connectivity index (χ1v) is 6.19. The molecule has 19 heavy (non-hydrogen) atoms. The summed E-state index contributed by atoms with van der Waals surface area (Å²) in [6, 6.07) is 3.91. The minimum Gasteiger partial charge on any atom is -0.505 e. The van der Waals surface area contributed by atoms with Crippen molar-refractivity contribution >= 4 is 17.5 Å². The highest BCUT2D eigenvalue weighted by molar-refractivity contribution is 6.33. The summed E-state index contributed by atoms with van der Waals surface area (Å²) in [4.78, 5) is 25.3. The second-order valence-electron chi connectivity index (χ2n) is 4.72. The first kappa shape index (κ1) is 11.9. The zero-order valence-electron chi connectivity index (χ0n) is 10.1. The molecule has 0 spiro atoms. The molecule has 0 fully saturated rings. The Morgan fingerprint density at radius 2 is 1.63 bits per heavy atom. The number of amides is 2. The molecule has 5 heteroatoms. The summed E-state index contributed by atoms with van der Waals surface area (Å²) in [5, 5.41) is 9.35. The molecule has 0 radical (unpaired) electrons. The second kappa shape index (κ2) is 4.19. The predicted molar refractivity (Wildman–Crippen MR) is 66.1 cm³/mol. The summed E-state index contributed by atoms with van der Waals surface area (Å²) >= 11 is 0. The van der Waals surface area contributed by atoms with Gasteiger partial charge in [0, 0.05) is 11.1 Å². The van der Waals surface area contributed by atoms with Gasteiger partial charge in [-0.05, 0) is 37.8 Å². The zero-order valence-corrected chi connectivity index (χ0v) is 10.1. The molecule has 4 nitrogen and oxygen atoms in total. The summed E-state index contributed by atoms with van der Waals surface area (Å²) in [5.74, 6) is -2.42. The lowest BCUT2D eigenvalue weighted by Gasteiger charge is -2.16. The molecule has 3 rings (SSSR count). The summed E-state index contributed by atoms with van der Waals surface area (Å²) in [7, 11) is 0. The molecule has 2 amide bonds. The largest absolute Gasteiger partial charge is 0.505 e. The number of carbonyl (C=O) groups is 2. The van der Waals surface area contributed by atoms with Crippen molar-refractivity contribution in [2.24, 2.45) is 0 Å². The summed E-state index contributed by atoms with van der Waals surface area (Å²) in [6.07, 6.45) is 2.87. The van der Waals surface area contributed by atoms with Crippen LogP contribution in [0.4, 0.5) is 10.1 Å². The maximum atomic E-state index is 13.9. The quantitative estimate of drug-likeness (QED) is 0.789. The Morgan fingerprint density at radius 1 is 1.05 bits per heavy atom. The van der Waals surface area contributed by atoms with Crippen molar-refractivity contribution in [2.45, 2.75) is 25.7 Å². The van der Waals surface area contributed by atoms with E-state index < -0.39 is 23.4 Å². The predicted octanol–water partition coefficient (Wildman–Crippen LogP) is 2.28. The van der Waals surface area contributed by atoms with Crippen LogP contribution in [-0.4, -0.2) is 16.9 Å². The van der Waals surface area contributed by atoms with Crippen LogP contribution < -0.4 is 4.90 Å². The Bertz CT molecular complexity index is 593. The fraction of sp³-hybridized carbons (Fsp3) is 0.286. The van der Waals surface area contributed by atoms with Gasteiger partial charge in [0.2, 0.25) is 0 Å². The molecule has 0 atom stereocenters. The van der Waals surface area contributed by atoms with E-state index in [1.54, 1.807) is 0 Å². The fourth-order valence-corrected chi connectivity index (χ4v) is 2.64. The Kier molecular flexibility index (Phi) is 2.62. The zero-order chi connectivity index (χ0) is 13.6. The van der Waals surface area contributed by atoms with Crippen LogP contribution in [0.5, 0.6) is 5.75 Å². The number of rotatable bonds is 1. The highest BCUT2D eigenvalue weighted by Crippen LogP contribution is 2.37. The van der Waals surface area contributed by atoms with Gasteiger partial charge in [-0.25, -0.2) is 9.29 Å². The first-order valence-electron chi connectivity index (χ1n) is 6.19. The third-order valence-electron chi connectivity index (χ3n) is 3.59. The van der Waals surface area contributed by atoms with Gasteiger partial charge in [0.15, 0.2) is 11.6 Å². The van der Waals surface area contributed by atoms with Crippen LogP contribution in [0.2, 0.25) is 0 Å². The maximum absolute atomic E-state index is 13.9. The van der Waals surface area contributed by atoms with Gasteiger partial charge in [0.25, 0.3) is 11.8 Å². The third kappa shape index (κ3) is 1.65. The molecule has 1 aromatic rings. The second-order valence-corrected chi connectivity index (χ2v) is 4.72. The standard InChI is InChI=1S/C14H12FNO3/c15-12-10(6-3-7-11(12)17)16-13(18)8-4-1-2-5-9(8)14(16)19/h3,6-7,17H,1-2,4-5H2. The van der Waals surface area contributed by atoms with Crippen LogP contribution in [0, 0.1) is 5.82 Å². The van der Waals surface area contributed by atoms with Crippen molar-refractivity contribution in [3.63, 3.8) is 0 Å². The Morgan fingerprint density at radius 3 is 2.21 bits per heavy atom. The van der Waals surface area contributed by atoms with Crippen molar-refractivity contribution in [1.82, 2.24) is 0 Å². The van der Waals surface area contributed by atoms with E-state index in [1.165, 1.54) is 18.2 Å². The number of carbonyl (C=O) groups excluding carboxylic acids is 2. The minimum atomic E-state index is -0.941. The van der Waals surface area contributed by atoms with E-state index in [2.05, 4.69) is 0 Å². The Hall–Kier alpha value is -2.17. The van der Waals surface area contributed by atoms with Gasteiger partial charge in [0.05, 0.1) is 5.69 Å². The van der Waals surface area contributed by atoms with E-state index in [0.29, 0.717) is 24.0 Å². The molecule has 1 N–H and O–H groups in total. The summed E-state index contributed by atoms with van der Waals surface area (Å²) in [5.41, 5.74) is 0.822. The van der Waals surface area contributed by atoms with Crippen molar-refractivity contribution in [3.05, 3.63) is 35.2 Å². The van der Waals surface area contributed by atoms with Crippen LogP contribution >= 0.6 is 0 Å². The van der Waals surface area contributed by atoms with Crippen LogP contribution in [0.1, 0.15) is 25.7 Å². The van der Waals surface area contributed by atoms with Crippen LogP contribution in [0.3, 0.4) is 0 Å². The molecule has 1 heterocycles. The summed E-state index contributed by atoms with van der Waals surface area (Å²) < 4.78 is 13.9. The smallest absolute Gasteiger partial charge is 0.261 e. The molecule has 1 aromatic carbocycles. The van der Waals surface area contributed by atoms with Crippen molar-refractivity contribution in [3.8, 4) is 5.75 Å². The highest BCUT2D eigenvalue weighted by Gasteiger charge is 2.40. The number of nitrogens with zero attached hydrogens (tertiary/aromatic N) is 1. The molecular formula is C14H12FNO3. The van der Waals surface area contributed by atoms with Gasteiger partial charge < -0.3 is 5.11 Å². The van der Waals surface area contributed by atoms with Crippen LogP contribution in [0.15, 0.2) is 29.3 Å². The number of phenolic OH excluding ortho intramolecular Hbond substituents is 1. The maximum Gasteiger partial charge on any atom is 0.261 e. The molecule has 0 unspecified atom stereocenters. The molecule has 2 aliphatic rings. The van der Waals surface area contributed by atoms with Crippen LogP contribution in [0.25, 0.3) is 0 Å². The topological polar surface area (TPSA) is 57.6 Å². The number of hydrogen-bond acceptors (Lipinski definition) is 3. The molecule has 0 aromatic heterocycles. The van der Waals surface area contributed by atoms with E-state index in [0.717, 1.165) is 17.7 Å². The number of anilines is 1. The lowest BCUT2D eigenvalue weighted by molar-refractivity contribution is -0.120. The van der Waals surface area contributed by atoms with Gasteiger partial charge in [-0.3, -0.25) is 9.59 Å². The number of halogens is 1. The minimum absolute atomic E-state index is 0.176. The Labute approximate surface area is 109 Å². The van der Waals surface area contributed by atoms with Gasteiger partial charge in [-0.15, -0.1) is 0 Å². The van der Waals surface area contributed by atoms with Crippen molar-refractivity contribution < 1.29 is 19.1 Å². The molecule has 0 saturated heterocycles. The molecule has 0 bridgehead atoms. The number of hydrogen-bond donors (Lipinski definition) is 1. The van der Waals surface area contributed by atoms with Crippen molar-refractivity contribution in [2.75, 3.05) is 4.90 Å². The van der Waals surface area contributed by atoms with Crippen LogP contribution in [-0.2, 0) is 9.59 Å². The fourth-order valence-electron chi connectivity index (χ4n) is 2.64. The lowest BCUT2D eigenvalue weighted by atomic mass is 9.93. The van der Waals surface area contributed by atoms with E-state index in [1.807, 2.05) is 0 Å².